The summed E-state index contributed by atoms with van der Waals surface area (Å²) in [6, 6.07) is 13.7. The number of piperazine rings is 1. The summed E-state index contributed by atoms with van der Waals surface area (Å²) in [5.74, 6) is -2.08. The van der Waals surface area contributed by atoms with Gasteiger partial charge in [-0.3, -0.25) is 14.5 Å². The normalized spacial score (nSPS) is 15.6. The Morgan fingerprint density at radius 3 is 2.25 bits per heavy atom. The summed E-state index contributed by atoms with van der Waals surface area (Å²) in [6.45, 7) is 3.83. The molecule has 2 heterocycles. The summed E-state index contributed by atoms with van der Waals surface area (Å²) in [5, 5.41) is 20.2. The van der Waals surface area contributed by atoms with Gasteiger partial charge in [0.05, 0.1) is 5.56 Å². The number of hydrogen-bond donors (Lipinski definition) is 2. The molecule has 1 amide bonds. The Morgan fingerprint density at radius 1 is 0.969 bits per heavy atom. The SMILES string of the molecule is CC(=O)N1CCN(C(C(=O)O)c2cn(Cc3ccccc3)c3ccc(C(=O)O)cc23)CC1. The highest BCUT2D eigenvalue weighted by atomic mass is 16.4. The molecule has 0 aliphatic carbocycles. The van der Waals surface area contributed by atoms with Crippen LogP contribution in [-0.2, 0) is 16.1 Å². The van der Waals surface area contributed by atoms with Crippen LogP contribution in [0.25, 0.3) is 10.9 Å². The fourth-order valence-electron chi connectivity index (χ4n) is 4.37. The van der Waals surface area contributed by atoms with Gasteiger partial charge in [0.15, 0.2) is 0 Å². The molecule has 1 aromatic heterocycles. The van der Waals surface area contributed by atoms with E-state index in [1.807, 2.05) is 46.0 Å². The lowest BCUT2D eigenvalue weighted by molar-refractivity contribution is -0.144. The highest BCUT2D eigenvalue weighted by molar-refractivity contribution is 5.96. The second kappa shape index (κ2) is 8.84. The average molecular weight is 435 g/mol. The van der Waals surface area contributed by atoms with Crippen molar-refractivity contribution >= 4 is 28.7 Å². The maximum Gasteiger partial charge on any atom is 0.335 e. The van der Waals surface area contributed by atoms with Crippen LogP contribution in [-0.4, -0.2) is 68.6 Å². The van der Waals surface area contributed by atoms with Crippen LogP contribution in [0, 0.1) is 0 Å². The molecule has 3 aromatic rings. The van der Waals surface area contributed by atoms with E-state index in [0.717, 1.165) is 11.1 Å². The van der Waals surface area contributed by atoms with E-state index < -0.39 is 18.0 Å². The molecule has 2 aromatic carbocycles. The van der Waals surface area contributed by atoms with E-state index in [0.29, 0.717) is 43.7 Å². The number of hydrogen-bond acceptors (Lipinski definition) is 4. The van der Waals surface area contributed by atoms with Gasteiger partial charge >= 0.3 is 11.9 Å². The van der Waals surface area contributed by atoms with Crippen LogP contribution in [0.1, 0.15) is 34.5 Å². The minimum atomic E-state index is -1.06. The molecule has 1 unspecified atom stereocenters. The lowest BCUT2D eigenvalue weighted by atomic mass is 10.0. The summed E-state index contributed by atoms with van der Waals surface area (Å²) in [6.07, 6.45) is 1.82. The van der Waals surface area contributed by atoms with Crippen molar-refractivity contribution in [1.82, 2.24) is 14.4 Å². The molecule has 2 N–H and O–H groups in total. The zero-order chi connectivity index (χ0) is 22.8. The van der Waals surface area contributed by atoms with Gasteiger partial charge in [0.25, 0.3) is 0 Å². The highest BCUT2D eigenvalue weighted by Gasteiger charge is 2.33. The lowest BCUT2D eigenvalue weighted by Crippen LogP contribution is -2.50. The molecule has 8 nitrogen and oxygen atoms in total. The molecule has 0 spiro atoms. The number of nitrogens with zero attached hydrogens (tertiary/aromatic N) is 3. The average Bonchev–Trinajstić information content (AvgIpc) is 3.12. The zero-order valence-electron chi connectivity index (χ0n) is 17.8. The number of aromatic carboxylic acids is 1. The Balaban J connectivity index is 1.78. The van der Waals surface area contributed by atoms with Crippen LogP contribution in [0.3, 0.4) is 0 Å². The standard InChI is InChI=1S/C24H25N3O5/c1-16(28)25-9-11-26(12-10-25)22(24(31)32)20-15-27(14-17-5-3-2-4-6-17)21-8-7-18(23(29)30)13-19(20)21/h2-8,13,15,22H,9-12,14H2,1H3,(H,29,30)(H,31,32). The van der Waals surface area contributed by atoms with Crippen molar-refractivity contribution in [2.75, 3.05) is 26.2 Å². The summed E-state index contributed by atoms with van der Waals surface area (Å²) >= 11 is 0. The van der Waals surface area contributed by atoms with Crippen molar-refractivity contribution < 1.29 is 24.6 Å². The van der Waals surface area contributed by atoms with Crippen molar-refractivity contribution in [2.45, 2.75) is 19.5 Å². The predicted molar refractivity (Wildman–Crippen MR) is 119 cm³/mol. The first kappa shape index (κ1) is 21.6. The first-order valence-corrected chi connectivity index (χ1v) is 10.5. The van der Waals surface area contributed by atoms with Gasteiger partial charge in [-0.1, -0.05) is 30.3 Å². The van der Waals surface area contributed by atoms with Crippen LogP contribution in [0.5, 0.6) is 0 Å². The molecule has 0 radical (unpaired) electrons. The predicted octanol–water partition coefficient (Wildman–Crippen LogP) is 2.68. The number of rotatable bonds is 6. The van der Waals surface area contributed by atoms with Crippen LogP contribution in [0.2, 0.25) is 0 Å². The van der Waals surface area contributed by atoms with Crippen LogP contribution in [0.4, 0.5) is 0 Å². The van der Waals surface area contributed by atoms with Crippen LogP contribution >= 0.6 is 0 Å². The largest absolute Gasteiger partial charge is 0.480 e. The molecule has 1 fully saturated rings. The van der Waals surface area contributed by atoms with Gasteiger partial charge in [0.2, 0.25) is 5.91 Å². The van der Waals surface area contributed by atoms with E-state index in [-0.39, 0.29) is 11.5 Å². The Kier molecular flexibility index (Phi) is 5.96. The van der Waals surface area contributed by atoms with E-state index in [1.54, 1.807) is 17.0 Å². The highest BCUT2D eigenvalue weighted by Crippen LogP contribution is 2.32. The Bertz CT molecular complexity index is 1160. The van der Waals surface area contributed by atoms with Gasteiger partial charge in [0, 0.05) is 62.3 Å². The maximum atomic E-state index is 12.4. The van der Waals surface area contributed by atoms with E-state index in [4.69, 9.17) is 0 Å². The third-order valence-corrected chi connectivity index (χ3v) is 6.01. The van der Waals surface area contributed by atoms with Crippen molar-refractivity contribution in [1.29, 1.82) is 0 Å². The van der Waals surface area contributed by atoms with E-state index in [1.165, 1.54) is 13.0 Å². The third-order valence-electron chi connectivity index (χ3n) is 6.01. The minimum Gasteiger partial charge on any atom is -0.480 e. The number of carboxylic acid groups (broad SMARTS) is 2. The number of carbonyl (C=O) groups is 3. The first-order chi connectivity index (χ1) is 15.3. The molecule has 1 aliphatic heterocycles. The number of fused-ring (bicyclic) bond motifs is 1. The van der Waals surface area contributed by atoms with Crippen molar-refractivity contribution in [2.24, 2.45) is 0 Å². The fourth-order valence-corrected chi connectivity index (χ4v) is 4.37. The number of aromatic nitrogens is 1. The van der Waals surface area contributed by atoms with Gasteiger partial charge in [0.1, 0.15) is 6.04 Å². The topological polar surface area (TPSA) is 103 Å². The van der Waals surface area contributed by atoms with Crippen molar-refractivity contribution in [3.8, 4) is 0 Å². The van der Waals surface area contributed by atoms with Gasteiger partial charge in [-0.05, 0) is 23.8 Å². The Hall–Kier alpha value is -3.65. The molecule has 1 aliphatic rings. The zero-order valence-corrected chi connectivity index (χ0v) is 17.8. The second-order valence-corrected chi connectivity index (χ2v) is 8.02. The van der Waals surface area contributed by atoms with Gasteiger partial charge < -0.3 is 19.7 Å². The first-order valence-electron chi connectivity index (χ1n) is 10.5. The van der Waals surface area contributed by atoms with Gasteiger partial charge in [-0.2, -0.15) is 0 Å². The Morgan fingerprint density at radius 2 is 1.66 bits per heavy atom. The summed E-state index contributed by atoms with van der Waals surface area (Å²) in [4.78, 5) is 39.2. The van der Waals surface area contributed by atoms with E-state index in [9.17, 15) is 24.6 Å². The Labute approximate surface area is 185 Å². The van der Waals surface area contributed by atoms with E-state index in [2.05, 4.69) is 0 Å². The molecule has 4 rings (SSSR count). The summed E-state index contributed by atoms with van der Waals surface area (Å²) in [7, 11) is 0. The maximum absolute atomic E-state index is 12.4. The molecule has 0 bridgehead atoms. The van der Waals surface area contributed by atoms with E-state index >= 15 is 0 Å². The number of aliphatic carboxylic acids is 1. The monoisotopic (exact) mass is 435 g/mol. The molecule has 1 saturated heterocycles. The van der Waals surface area contributed by atoms with Crippen LogP contribution < -0.4 is 0 Å². The summed E-state index contributed by atoms with van der Waals surface area (Å²) in [5.41, 5.74) is 2.51. The molecule has 0 saturated carbocycles. The quantitative estimate of drug-likeness (QED) is 0.617. The number of carbonyl (C=O) groups excluding carboxylic acids is 1. The molecule has 32 heavy (non-hydrogen) atoms. The summed E-state index contributed by atoms with van der Waals surface area (Å²) < 4.78 is 1.97. The lowest BCUT2D eigenvalue weighted by Gasteiger charge is -2.37. The number of carboxylic acids is 2. The van der Waals surface area contributed by atoms with Gasteiger partial charge in [-0.25, -0.2) is 4.79 Å². The molecule has 166 valence electrons. The third kappa shape index (κ3) is 4.22. The minimum absolute atomic E-state index is 0.0258. The smallest absolute Gasteiger partial charge is 0.335 e. The van der Waals surface area contributed by atoms with Crippen LogP contribution in [0.15, 0.2) is 54.7 Å². The fraction of sp³-hybridized carbons (Fsp3) is 0.292. The van der Waals surface area contributed by atoms with Crippen molar-refractivity contribution in [3.63, 3.8) is 0 Å². The van der Waals surface area contributed by atoms with Gasteiger partial charge in [-0.15, -0.1) is 0 Å². The number of benzene rings is 2. The molecular weight excluding hydrogens is 410 g/mol. The molecule has 8 heteroatoms. The molecular formula is C24H25N3O5. The van der Waals surface area contributed by atoms with Crippen molar-refractivity contribution in [3.05, 3.63) is 71.4 Å². The molecule has 1 atom stereocenters. The second-order valence-electron chi connectivity index (χ2n) is 8.02. The number of amides is 1.